The first-order valence-electron chi connectivity index (χ1n) is 14.5. The van der Waals surface area contributed by atoms with Gasteiger partial charge in [0.2, 0.25) is 0 Å². The molecule has 3 rings (SSSR count). The standard InChI is InChI=1S/C30H42N4O4S2/c1-4-17-32(18-5-2)27-23(28(37)34-21-22(3)15-16-25(34)31-27)20-24-29(38)33(30(39)40-24)19-13-11-9-7-6-8-10-12-14-26(35)36/h15-16,20-21H,4-14,17-19H2,1-3H3,(H,35,36). The monoisotopic (exact) mass is 586 g/mol. The Morgan fingerprint density at radius 2 is 1.65 bits per heavy atom. The first kappa shape index (κ1) is 31.8. The molecule has 0 radical (unpaired) electrons. The molecule has 8 nitrogen and oxygen atoms in total. The Balaban J connectivity index is 1.70. The van der Waals surface area contributed by atoms with Gasteiger partial charge < -0.3 is 10.0 Å². The first-order chi connectivity index (χ1) is 19.3. The van der Waals surface area contributed by atoms with E-state index in [0.29, 0.717) is 32.8 Å². The number of aliphatic carboxylic acids is 1. The number of aryl methyl sites for hydroxylation is 1. The number of carbonyl (C=O) groups is 2. The van der Waals surface area contributed by atoms with Crippen molar-refractivity contribution in [2.45, 2.75) is 91.4 Å². The predicted octanol–water partition coefficient (Wildman–Crippen LogP) is 6.43. The highest BCUT2D eigenvalue weighted by atomic mass is 32.2. The summed E-state index contributed by atoms with van der Waals surface area (Å²) in [6.45, 7) is 8.26. The van der Waals surface area contributed by atoms with Crippen LogP contribution in [0.25, 0.3) is 11.7 Å². The Labute approximate surface area is 246 Å². The molecule has 0 bridgehead atoms. The van der Waals surface area contributed by atoms with Crippen LogP contribution in [0, 0.1) is 6.92 Å². The zero-order valence-corrected chi connectivity index (χ0v) is 25.6. The van der Waals surface area contributed by atoms with Gasteiger partial charge in [0.25, 0.3) is 11.5 Å². The molecule has 1 amide bonds. The fourth-order valence-corrected chi connectivity index (χ4v) is 6.20. The molecule has 10 heteroatoms. The molecule has 0 spiro atoms. The molecule has 1 fully saturated rings. The van der Waals surface area contributed by atoms with Gasteiger partial charge in [0, 0.05) is 32.3 Å². The second-order valence-corrected chi connectivity index (χ2v) is 12.1. The summed E-state index contributed by atoms with van der Waals surface area (Å²) in [6.07, 6.45) is 13.5. The molecule has 0 atom stereocenters. The van der Waals surface area contributed by atoms with Gasteiger partial charge >= 0.3 is 5.97 Å². The van der Waals surface area contributed by atoms with Crippen LogP contribution in [-0.4, -0.2) is 55.2 Å². The van der Waals surface area contributed by atoms with Crippen LogP contribution in [-0.2, 0) is 9.59 Å². The maximum absolute atomic E-state index is 13.7. The zero-order chi connectivity index (χ0) is 29.1. The Kier molecular flexibility index (Phi) is 12.6. The van der Waals surface area contributed by atoms with Gasteiger partial charge in [-0.3, -0.25) is 23.7 Å². The predicted molar refractivity (Wildman–Crippen MR) is 168 cm³/mol. The lowest BCUT2D eigenvalue weighted by Gasteiger charge is -2.24. The number of amides is 1. The molecule has 1 aliphatic rings. The van der Waals surface area contributed by atoms with E-state index >= 15 is 0 Å². The van der Waals surface area contributed by atoms with Crippen molar-refractivity contribution in [3.05, 3.63) is 44.7 Å². The highest BCUT2D eigenvalue weighted by Crippen LogP contribution is 2.34. The highest BCUT2D eigenvalue weighted by molar-refractivity contribution is 8.26. The van der Waals surface area contributed by atoms with Crippen LogP contribution in [0.3, 0.4) is 0 Å². The summed E-state index contributed by atoms with van der Waals surface area (Å²) in [5, 5.41) is 8.70. The average molecular weight is 587 g/mol. The summed E-state index contributed by atoms with van der Waals surface area (Å²) in [4.78, 5) is 46.8. The van der Waals surface area contributed by atoms with Gasteiger partial charge in [0.15, 0.2) is 0 Å². The van der Waals surface area contributed by atoms with E-state index in [4.69, 9.17) is 22.3 Å². The van der Waals surface area contributed by atoms with Crippen molar-refractivity contribution in [2.75, 3.05) is 24.5 Å². The van der Waals surface area contributed by atoms with E-state index in [-0.39, 0.29) is 17.9 Å². The normalized spacial score (nSPS) is 14.6. The molecule has 40 heavy (non-hydrogen) atoms. The number of carbonyl (C=O) groups excluding carboxylic acids is 1. The number of hydrogen-bond donors (Lipinski definition) is 1. The van der Waals surface area contributed by atoms with Crippen LogP contribution in [0.2, 0.25) is 0 Å². The fraction of sp³-hybridized carbons (Fsp3) is 0.567. The van der Waals surface area contributed by atoms with Crippen LogP contribution in [0.5, 0.6) is 0 Å². The summed E-state index contributed by atoms with van der Waals surface area (Å²) in [6, 6.07) is 3.81. The number of thioether (sulfide) groups is 1. The van der Waals surface area contributed by atoms with E-state index in [1.807, 2.05) is 19.1 Å². The van der Waals surface area contributed by atoms with Crippen molar-refractivity contribution in [1.29, 1.82) is 0 Å². The van der Waals surface area contributed by atoms with Crippen LogP contribution >= 0.6 is 24.0 Å². The summed E-state index contributed by atoms with van der Waals surface area (Å²) < 4.78 is 2.09. The molecular weight excluding hydrogens is 544 g/mol. The van der Waals surface area contributed by atoms with E-state index < -0.39 is 5.97 Å². The van der Waals surface area contributed by atoms with Crippen LogP contribution in [0.15, 0.2) is 28.0 Å². The largest absolute Gasteiger partial charge is 0.481 e. The number of carboxylic acid groups (broad SMARTS) is 1. The van der Waals surface area contributed by atoms with Gasteiger partial charge in [-0.15, -0.1) is 0 Å². The molecule has 1 aliphatic heterocycles. The Morgan fingerprint density at radius 1 is 1.02 bits per heavy atom. The number of rotatable bonds is 17. The number of unbranched alkanes of at least 4 members (excludes halogenated alkanes) is 7. The number of carboxylic acids is 1. The van der Waals surface area contributed by atoms with Gasteiger partial charge in [-0.2, -0.15) is 0 Å². The number of aromatic nitrogens is 2. The third kappa shape index (κ3) is 8.64. The SMILES string of the molecule is CCCN(CCC)c1nc2ccc(C)cn2c(=O)c1C=C1SC(=S)N(CCCCCCCCCCC(=O)O)C1=O. The molecule has 1 N–H and O–H groups in total. The smallest absolute Gasteiger partial charge is 0.303 e. The summed E-state index contributed by atoms with van der Waals surface area (Å²) in [7, 11) is 0. The first-order valence-corrected chi connectivity index (χ1v) is 15.7. The molecular formula is C30H42N4O4S2. The van der Waals surface area contributed by atoms with E-state index in [1.165, 1.54) is 11.8 Å². The third-order valence-corrected chi connectivity index (χ3v) is 8.32. The van der Waals surface area contributed by atoms with Gasteiger partial charge in [-0.1, -0.05) is 82.4 Å². The van der Waals surface area contributed by atoms with E-state index in [9.17, 15) is 14.4 Å². The van der Waals surface area contributed by atoms with Crippen LogP contribution in [0.4, 0.5) is 5.82 Å². The van der Waals surface area contributed by atoms with E-state index in [0.717, 1.165) is 82.9 Å². The summed E-state index contributed by atoms with van der Waals surface area (Å²) >= 11 is 6.82. The third-order valence-electron chi connectivity index (χ3n) is 6.94. The molecule has 218 valence electrons. The maximum atomic E-state index is 13.7. The zero-order valence-electron chi connectivity index (χ0n) is 24.0. The summed E-state index contributed by atoms with van der Waals surface area (Å²) in [5.74, 6) is -0.256. The number of hydrogen-bond acceptors (Lipinski definition) is 7. The van der Waals surface area contributed by atoms with Crippen molar-refractivity contribution < 1.29 is 14.7 Å². The molecule has 2 aromatic heterocycles. The van der Waals surface area contributed by atoms with Gasteiger partial charge in [0.05, 0.1) is 10.5 Å². The Morgan fingerprint density at radius 3 is 2.27 bits per heavy atom. The minimum atomic E-state index is -0.725. The molecule has 0 aliphatic carbocycles. The van der Waals surface area contributed by atoms with Crippen molar-refractivity contribution in [2.24, 2.45) is 0 Å². The van der Waals surface area contributed by atoms with Crippen LogP contribution < -0.4 is 10.5 Å². The number of pyridine rings is 1. The molecule has 3 heterocycles. The summed E-state index contributed by atoms with van der Waals surface area (Å²) in [5.41, 5.74) is 1.79. The second kappa shape index (κ2) is 15.9. The van der Waals surface area contributed by atoms with Crippen molar-refractivity contribution in [3.8, 4) is 0 Å². The second-order valence-electron chi connectivity index (χ2n) is 10.4. The quantitative estimate of drug-likeness (QED) is 0.129. The van der Waals surface area contributed by atoms with Crippen LogP contribution in [0.1, 0.15) is 95.6 Å². The lowest BCUT2D eigenvalue weighted by atomic mass is 10.1. The topological polar surface area (TPSA) is 95.2 Å². The highest BCUT2D eigenvalue weighted by Gasteiger charge is 2.32. The van der Waals surface area contributed by atoms with Crippen molar-refractivity contribution >= 4 is 57.7 Å². The lowest BCUT2D eigenvalue weighted by Crippen LogP contribution is -2.31. The average Bonchev–Trinajstić information content (AvgIpc) is 3.18. The molecule has 0 unspecified atom stereocenters. The maximum Gasteiger partial charge on any atom is 0.303 e. The minimum absolute atomic E-state index is 0.148. The Bertz CT molecular complexity index is 1280. The van der Waals surface area contributed by atoms with E-state index in [2.05, 4.69) is 18.7 Å². The minimum Gasteiger partial charge on any atom is -0.481 e. The number of thiocarbonyl (C=S) groups is 1. The van der Waals surface area contributed by atoms with Gasteiger partial charge in [-0.25, -0.2) is 4.98 Å². The lowest BCUT2D eigenvalue weighted by molar-refractivity contribution is -0.137. The Hall–Kier alpha value is -2.72. The van der Waals surface area contributed by atoms with E-state index in [1.54, 1.807) is 21.6 Å². The van der Waals surface area contributed by atoms with Crippen molar-refractivity contribution in [1.82, 2.24) is 14.3 Å². The molecule has 0 saturated carbocycles. The molecule has 2 aromatic rings. The molecule has 0 aromatic carbocycles. The van der Waals surface area contributed by atoms with Gasteiger partial charge in [-0.05, 0) is 50.3 Å². The number of nitrogens with zero attached hydrogens (tertiary/aromatic N) is 4. The number of fused-ring (bicyclic) bond motifs is 1. The van der Waals surface area contributed by atoms with Gasteiger partial charge in [0.1, 0.15) is 15.8 Å². The molecule has 1 saturated heterocycles. The number of anilines is 1. The fourth-order valence-electron chi connectivity index (χ4n) is 4.91. The van der Waals surface area contributed by atoms with Crippen molar-refractivity contribution in [3.63, 3.8) is 0 Å².